The van der Waals surface area contributed by atoms with Crippen LogP contribution in [0.1, 0.15) is 12.5 Å². The highest BCUT2D eigenvalue weighted by Gasteiger charge is 1.95. The van der Waals surface area contributed by atoms with Gasteiger partial charge in [0.15, 0.2) is 0 Å². The summed E-state index contributed by atoms with van der Waals surface area (Å²) in [5.41, 5.74) is 3.64. The first-order valence-electron chi connectivity index (χ1n) is 6.07. The zero-order chi connectivity index (χ0) is 13.9. The molecule has 19 heavy (non-hydrogen) atoms. The van der Waals surface area contributed by atoms with Gasteiger partial charge in [0.05, 0.1) is 6.61 Å². The van der Waals surface area contributed by atoms with Crippen LogP contribution in [0.2, 0.25) is 0 Å². The Morgan fingerprint density at radius 1 is 1.00 bits per heavy atom. The van der Waals surface area contributed by atoms with Crippen molar-refractivity contribution in [2.45, 2.75) is 12.8 Å². The number of ether oxygens (including phenoxy) is 1. The van der Waals surface area contributed by atoms with E-state index in [4.69, 9.17) is 11.6 Å². The van der Waals surface area contributed by atoms with Gasteiger partial charge in [-0.05, 0) is 23.6 Å². The Hall–Kier alpha value is -1.80. The van der Waals surface area contributed by atoms with E-state index in [1.807, 2.05) is 18.2 Å². The molecule has 0 aliphatic heterocycles. The summed E-state index contributed by atoms with van der Waals surface area (Å²) in [6.07, 6.45) is 0. The van der Waals surface area contributed by atoms with Gasteiger partial charge in [-0.2, -0.15) is 0 Å². The van der Waals surface area contributed by atoms with Gasteiger partial charge in [0.25, 0.3) is 6.47 Å². The zero-order valence-corrected chi connectivity index (χ0v) is 11.6. The smallest absolute Gasteiger partial charge is 0.293 e. The zero-order valence-electron chi connectivity index (χ0n) is 10.9. The van der Waals surface area contributed by atoms with Crippen molar-refractivity contribution in [2.24, 2.45) is 0 Å². The number of carbonyl (C=O) groups excluding carboxylic acids is 1. The summed E-state index contributed by atoms with van der Waals surface area (Å²) >= 11 is 5.73. The van der Waals surface area contributed by atoms with E-state index in [0.29, 0.717) is 19.0 Å². The average molecular weight is 277 g/mol. The van der Waals surface area contributed by atoms with Crippen molar-refractivity contribution in [3.63, 3.8) is 0 Å². The van der Waals surface area contributed by atoms with Gasteiger partial charge in [0.2, 0.25) is 0 Å². The number of halogens is 1. The molecule has 2 nitrogen and oxygen atoms in total. The van der Waals surface area contributed by atoms with E-state index in [2.05, 4.69) is 41.1 Å². The Morgan fingerprint density at radius 3 is 2.00 bits per heavy atom. The van der Waals surface area contributed by atoms with Gasteiger partial charge in [0.1, 0.15) is 0 Å². The summed E-state index contributed by atoms with van der Waals surface area (Å²) in [4.78, 5) is 9.18. The number of alkyl halides is 1. The lowest BCUT2D eigenvalue weighted by molar-refractivity contribution is -0.128. The van der Waals surface area contributed by atoms with Crippen LogP contribution < -0.4 is 0 Å². The van der Waals surface area contributed by atoms with Crippen LogP contribution in [0.4, 0.5) is 0 Å². The lowest BCUT2D eigenvalue weighted by Gasteiger charge is -2.01. The second kappa shape index (κ2) is 9.17. The van der Waals surface area contributed by atoms with Crippen LogP contribution >= 0.6 is 11.6 Å². The van der Waals surface area contributed by atoms with Crippen molar-refractivity contribution in [3.8, 4) is 11.1 Å². The van der Waals surface area contributed by atoms with E-state index < -0.39 is 0 Å². The standard InChI is InChI=1S/C13H11Cl.C3H6O2/c14-10-11-6-8-13(9-7-11)12-4-2-1-3-5-12;1-2-5-3-4/h1-9H,10H2;3H,2H2,1H3. The van der Waals surface area contributed by atoms with E-state index in [-0.39, 0.29) is 0 Å². The van der Waals surface area contributed by atoms with Crippen LogP contribution in [0.25, 0.3) is 11.1 Å². The highest BCUT2D eigenvalue weighted by molar-refractivity contribution is 6.17. The van der Waals surface area contributed by atoms with Crippen LogP contribution in [-0.4, -0.2) is 13.1 Å². The fourth-order valence-electron chi connectivity index (χ4n) is 1.48. The molecule has 0 aliphatic carbocycles. The molecule has 0 unspecified atom stereocenters. The first-order chi connectivity index (χ1) is 9.31. The van der Waals surface area contributed by atoms with Gasteiger partial charge in [-0.3, -0.25) is 4.79 Å². The molecule has 0 heterocycles. The summed E-state index contributed by atoms with van der Waals surface area (Å²) in [7, 11) is 0. The van der Waals surface area contributed by atoms with Crippen molar-refractivity contribution in [1.82, 2.24) is 0 Å². The third-order valence-corrected chi connectivity index (χ3v) is 2.76. The molecule has 100 valence electrons. The van der Waals surface area contributed by atoms with E-state index >= 15 is 0 Å². The maximum absolute atomic E-state index is 9.18. The molecule has 0 saturated heterocycles. The molecule has 0 radical (unpaired) electrons. The SMILES string of the molecule is CCOC=O.ClCc1ccc(-c2ccccc2)cc1. The van der Waals surface area contributed by atoms with Gasteiger partial charge in [-0.25, -0.2) is 0 Å². The number of carbonyl (C=O) groups is 1. The second-order valence-electron chi connectivity index (χ2n) is 3.75. The minimum atomic E-state index is 0.431. The maximum Gasteiger partial charge on any atom is 0.293 e. The van der Waals surface area contributed by atoms with E-state index in [9.17, 15) is 4.79 Å². The molecule has 0 fully saturated rings. The molecule has 0 bridgehead atoms. The fourth-order valence-corrected chi connectivity index (χ4v) is 1.66. The summed E-state index contributed by atoms with van der Waals surface area (Å²) in [5, 5.41) is 0. The lowest BCUT2D eigenvalue weighted by Crippen LogP contribution is -1.80. The third kappa shape index (κ3) is 5.58. The largest absolute Gasteiger partial charge is 0.468 e. The Labute approximate surface area is 119 Å². The van der Waals surface area contributed by atoms with Crippen molar-refractivity contribution < 1.29 is 9.53 Å². The van der Waals surface area contributed by atoms with Gasteiger partial charge in [-0.15, -0.1) is 11.6 Å². The molecule has 0 aromatic heterocycles. The molecule has 0 atom stereocenters. The molecule has 0 N–H and O–H groups in total. The van der Waals surface area contributed by atoms with E-state index in [1.165, 1.54) is 11.1 Å². The predicted octanol–water partition coefficient (Wildman–Crippen LogP) is 4.27. The topological polar surface area (TPSA) is 26.3 Å². The molecular formula is C16H17ClO2. The first-order valence-corrected chi connectivity index (χ1v) is 6.60. The first kappa shape index (κ1) is 15.3. The number of benzene rings is 2. The molecule has 2 aromatic carbocycles. The summed E-state index contributed by atoms with van der Waals surface area (Å²) in [5.74, 6) is 0.578. The van der Waals surface area contributed by atoms with Gasteiger partial charge < -0.3 is 4.74 Å². The van der Waals surface area contributed by atoms with Crippen LogP contribution in [0.3, 0.4) is 0 Å². The van der Waals surface area contributed by atoms with Gasteiger partial charge in [-0.1, -0.05) is 54.6 Å². The van der Waals surface area contributed by atoms with Crippen LogP contribution in [-0.2, 0) is 15.4 Å². The average Bonchev–Trinajstić information content (AvgIpc) is 2.50. The molecule has 2 aromatic rings. The minimum Gasteiger partial charge on any atom is -0.468 e. The monoisotopic (exact) mass is 276 g/mol. The molecular weight excluding hydrogens is 260 g/mol. The predicted molar refractivity (Wildman–Crippen MR) is 79.1 cm³/mol. The number of hydrogen-bond acceptors (Lipinski definition) is 2. The van der Waals surface area contributed by atoms with Crippen LogP contribution in [0.5, 0.6) is 0 Å². The minimum absolute atomic E-state index is 0.431. The Morgan fingerprint density at radius 2 is 1.58 bits per heavy atom. The van der Waals surface area contributed by atoms with E-state index in [0.717, 1.165) is 5.56 Å². The van der Waals surface area contributed by atoms with Crippen molar-refractivity contribution in [1.29, 1.82) is 0 Å². The fraction of sp³-hybridized carbons (Fsp3) is 0.188. The second-order valence-corrected chi connectivity index (χ2v) is 4.02. The normalized spacial score (nSPS) is 9.16. The Kier molecular flexibility index (Phi) is 7.37. The molecule has 0 aliphatic rings. The summed E-state index contributed by atoms with van der Waals surface area (Å²) < 4.78 is 4.15. The van der Waals surface area contributed by atoms with Gasteiger partial charge in [0, 0.05) is 5.88 Å². The molecule has 2 rings (SSSR count). The van der Waals surface area contributed by atoms with Crippen molar-refractivity contribution in [3.05, 3.63) is 60.2 Å². The maximum atomic E-state index is 9.18. The highest BCUT2D eigenvalue weighted by atomic mass is 35.5. The van der Waals surface area contributed by atoms with Gasteiger partial charge >= 0.3 is 0 Å². The molecule has 0 spiro atoms. The molecule has 0 saturated carbocycles. The number of rotatable bonds is 4. The van der Waals surface area contributed by atoms with Crippen molar-refractivity contribution >= 4 is 18.1 Å². The summed E-state index contributed by atoms with van der Waals surface area (Å²) in [6.45, 7) is 2.66. The number of hydrogen-bond donors (Lipinski definition) is 0. The van der Waals surface area contributed by atoms with Crippen LogP contribution in [0, 0.1) is 0 Å². The Balaban J connectivity index is 0.000000312. The third-order valence-electron chi connectivity index (χ3n) is 2.45. The summed E-state index contributed by atoms with van der Waals surface area (Å²) in [6, 6.07) is 18.7. The van der Waals surface area contributed by atoms with Crippen molar-refractivity contribution in [2.75, 3.05) is 6.61 Å². The van der Waals surface area contributed by atoms with E-state index in [1.54, 1.807) is 6.92 Å². The quantitative estimate of drug-likeness (QED) is 0.616. The molecule has 3 heteroatoms. The highest BCUT2D eigenvalue weighted by Crippen LogP contribution is 2.19. The van der Waals surface area contributed by atoms with Crippen LogP contribution in [0.15, 0.2) is 54.6 Å². The molecule has 0 amide bonds. The lowest BCUT2D eigenvalue weighted by atomic mass is 10.0. The Bertz CT molecular complexity index is 466.